The topological polar surface area (TPSA) is 61.5 Å². The molecule has 0 spiro atoms. The highest BCUT2D eigenvalue weighted by Gasteiger charge is 2.18. The number of hydrogen-bond acceptors (Lipinski definition) is 4. The van der Waals surface area contributed by atoms with E-state index in [1.165, 1.54) is 6.07 Å². The molecule has 0 amide bonds. The van der Waals surface area contributed by atoms with Crippen molar-refractivity contribution in [2.75, 3.05) is 12.3 Å². The molecule has 0 saturated heterocycles. The Bertz CT molecular complexity index is 426. The highest BCUT2D eigenvalue weighted by atomic mass is 35.5. The third-order valence-corrected chi connectivity index (χ3v) is 2.04. The quantitative estimate of drug-likeness (QED) is 0.672. The molecule has 17 heavy (non-hydrogen) atoms. The van der Waals surface area contributed by atoms with Crippen LogP contribution in [-0.4, -0.2) is 19.2 Å². The third-order valence-electron chi connectivity index (χ3n) is 1.82. The largest absolute Gasteiger partial charge is 0.462 e. The van der Waals surface area contributed by atoms with Crippen LogP contribution in [0.4, 0.5) is 14.5 Å². The maximum atomic E-state index is 12.1. The van der Waals surface area contributed by atoms with Crippen molar-refractivity contribution in [3.63, 3.8) is 0 Å². The zero-order valence-corrected chi connectivity index (χ0v) is 9.63. The van der Waals surface area contributed by atoms with Crippen molar-refractivity contribution in [2.45, 2.75) is 13.5 Å². The number of anilines is 1. The van der Waals surface area contributed by atoms with Gasteiger partial charge in [0.15, 0.2) is 5.75 Å². The molecule has 94 valence electrons. The molecular formula is C10H10ClF2NO3. The van der Waals surface area contributed by atoms with Crippen LogP contribution >= 0.6 is 11.6 Å². The first-order chi connectivity index (χ1) is 7.95. The summed E-state index contributed by atoms with van der Waals surface area (Å²) in [5.74, 6) is -1.10. The number of esters is 1. The van der Waals surface area contributed by atoms with E-state index >= 15 is 0 Å². The fourth-order valence-electron chi connectivity index (χ4n) is 1.16. The number of ether oxygens (including phenoxy) is 2. The normalized spacial score (nSPS) is 10.4. The number of benzene rings is 1. The average molecular weight is 266 g/mol. The van der Waals surface area contributed by atoms with E-state index in [1.807, 2.05) is 0 Å². The van der Waals surface area contributed by atoms with Crippen molar-refractivity contribution >= 4 is 23.3 Å². The first-order valence-corrected chi connectivity index (χ1v) is 5.04. The van der Waals surface area contributed by atoms with Crippen LogP contribution in [0.1, 0.15) is 17.3 Å². The molecule has 1 rings (SSSR count). The summed E-state index contributed by atoms with van der Waals surface area (Å²) in [6, 6.07) is 2.33. The van der Waals surface area contributed by atoms with Crippen molar-refractivity contribution in [2.24, 2.45) is 0 Å². The van der Waals surface area contributed by atoms with Crippen molar-refractivity contribution in [1.82, 2.24) is 0 Å². The van der Waals surface area contributed by atoms with Crippen LogP contribution in [0.3, 0.4) is 0 Å². The van der Waals surface area contributed by atoms with E-state index < -0.39 is 12.6 Å². The number of halogens is 3. The van der Waals surface area contributed by atoms with Crippen molar-refractivity contribution in [1.29, 1.82) is 0 Å². The van der Waals surface area contributed by atoms with Crippen LogP contribution in [0, 0.1) is 0 Å². The number of alkyl halides is 2. The Kier molecular flexibility index (Phi) is 4.51. The molecule has 0 radical (unpaired) electrons. The van der Waals surface area contributed by atoms with Crippen LogP contribution in [0.15, 0.2) is 12.1 Å². The fourth-order valence-corrected chi connectivity index (χ4v) is 1.37. The van der Waals surface area contributed by atoms with E-state index in [9.17, 15) is 13.6 Å². The summed E-state index contributed by atoms with van der Waals surface area (Å²) in [6.45, 7) is -1.31. The fraction of sp³-hybridized carbons (Fsp3) is 0.300. The molecule has 0 aliphatic rings. The van der Waals surface area contributed by atoms with Gasteiger partial charge in [-0.15, -0.1) is 0 Å². The van der Waals surface area contributed by atoms with Crippen molar-refractivity contribution in [3.05, 3.63) is 22.7 Å². The number of nitrogens with two attached hydrogens (primary N) is 1. The van der Waals surface area contributed by atoms with Gasteiger partial charge in [-0.2, -0.15) is 8.78 Å². The molecule has 0 fully saturated rings. The molecular weight excluding hydrogens is 256 g/mol. The summed E-state index contributed by atoms with van der Waals surface area (Å²) in [6.07, 6.45) is 0. The molecule has 0 heterocycles. The highest BCUT2D eigenvalue weighted by Crippen LogP contribution is 2.31. The summed E-state index contributed by atoms with van der Waals surface area (Å²) < 4.78 is 33.0. The second kappa shape index (κ2) is 5.67. The van der Waals surface area contributed by atoms with Gasteiger partial charge in [0, 0.05) is 11.1 Å². The van der Waals surface area contributed by atoms with Crippen molar-refractivity contribution in [3.8, 4) is 5.75 Å². The second-order valence-corrected chi connectivity index (χ2v) is 3.40. The van der Waals surface area contributed by atoms with E-state index in [1.54, 1.807) is 6.92 Å². The Morgan fingerprint density at radius 1 is 1.53 bits per heavy atom. The summed E-state index contributed by atoms with van der Waals surface area (Å²) in [7, 11) is 0. The number of rotatable bonds is 4. The lowest BCUT2D eigenvalue weighted by molar-refractivity contribution is -0.0493. The molecule has 1 aromatic rings. The van der Waals surface area contributed by atoms with E-state index in [0.29, 0.717) is 0 Å². The minimum atomic E-state index is -3.05. The van der Waals surface area contributed by atoms with Gasteiger partial charge in [0.1, 0.15) is 0 Å². The Morgan fingerprint density at radius 3 is 2.71 bits per heavy atom. The molecule has 1 aromatic carbocycles. The zero-order valence-electron chi connectivity index (χ0n) is 8.88. The Labute approximate surface area is 101 Å². The summed E-state index contributed by atoms with van der Waals surface area (Å²) in [4.78, 5) is 11.5. The smallest absolute Gasteiger partial charge is 0.387 e. The van der Waals surface area contributed by atoms with Gasteiger partial charge in [0.2, 0.25) is 0 Å². The highest BCUT2D eigenvalue weighted by molar-refractivity contribution is 6.31. The van der Waals surface area contributed by atoms with Crippen LogP contribution in [0.5, 0.6) is 5.75 Å². The maximum absolute atomic E-state index is 12.1. The Morgan fingerprint density at radius 2 is 2.18 bits per heavy atom. The van der Waals surface area contributed by atoms with Gasteiger partial charge in [-0.25, -0.2) is 4.79 Å². The summed E-state index contributed by atoms with van der Waals surface area (Å²) >= 11 is 5.66. The third kappa shape index (κ3) is 3.45. The molecule has 0 aliphatic heterocycles. The van der Waals surface area contributed by atoms with Crippen LogP contribution in [0.25, 0.3) is 0 Å². The molecule has 4 nitrogen and oxygen atoms in total. The van der Waals surface area contributed by atoms with E-state index in [0.717, 1.165) is 6.07 Å². The van der Waals surface area contributed by atoms with Crippen LogP contribution < -0.4 is 10.5 Å². The lowest BCUT2D eigenvalue weighted by Crippen LogP contribution is -2.11. The second-order valence-electron chi connectivity index (χ2n) is 2.96. The van der Waals surface area contributed by atoms with Gasteiger partial charge < -0.3 is 15.2 Å². The number of nitrogen functional groups attached to an aromatic ring is 1. The van der Waals surface area contributed by atoms with Crippen molar-refractivity contribution < 1.29 is 23.0 Å². The molecule has 7 heteroatoms. The van der Waals surface area contributed by atoms with Gasteiger partial charge >= 0.3 is 12.6 Å². The van der Waals surface area contributed by atoms with E-state index in [-0.39, 0.29) is 28.6 Å². The first-order valence-electron chi connectivity index (χ1n) is 4.66. The molecule has 2 N–H and O–H groups in total. The predicted molar refractivity (Wildman–Crippen MR) is 58.5 cm³/mol. The predicted octanol–water partition coefficient (Wildman–Crippen LogP) is 2.70. The first kappa shape index (κ1) is 13.5. The average Bonchev–Trinajstić information content (AvgIpc) is 2.22. The molecule has 0 unspecified atom stereocenters. The zero-order chi connectivity index (χ0) is 13.0. The molecule has 0 atom stereocenters. The maximum Gasteiger partial charge on any atom is 0.387 e. The van der Waals surface area contributed by atoms with Gasteiger partial charge in [-0.3, -0.25) is 0 Å². The molecule has 0 aliphatic carbocycles. The van der Waals surface area contributed by atoms with Gasteiger partial charge in [-0.05, 0) is 13.0 Å². The Hall–Kier alpha value is -1.56. The monoisotopic (exact) mass is 265 g/mol. The van der Waals surface area contributed by atoms with E-state index in [2.05, 4.69) is 4.74 Å². The number of hydrogen-bond donors (Lipinski definition) is 1. The summed E-state index contributed by atoms with van der Waals surface area (Å²) in [5, 5.41) is 0.0536. The molecule has 0 bridgehead atoms. The lowest BCUT2D eigenvalue weighted by Gasteiger charge is -2.11. The van der Waals surface area contributed by atoms with Gasteiger partial charge in [0.25, 0.3) is 0 Å². The van der Waals surface area contributed by atoms with Gasteiger partial charge in [0.05, 0.1) is 17.9 Å². The molecule has 0 saturated carbocycles. The molecule has 0 aromatic heterocycles. The van der Waals surface area contributed by atoms with Gasteiger partial charge in [-0.1, -0.05) is 11.6 Å². The van der Waals surface area contributed by atoms with E-state index in [4.69, 9.17) is 22.1 Å². The SMILES string of the molecule is CCOC(=O)c1cc(Cl)cc(OC(F)F)c1N. The number of carbonyl (C=O) groups excluding carboxylic acids is 1. The Balaban J connectivity index is 3.13. The minimum absolute atomic E-state index is 0.0536. The standard InChI is InChI=1S/C10H10ClF2NO3/c1-2-16-9(15)6-3-5(11)4-7(8(6)14)17-10(12)13/h3-4,10H,2,14H2,1H3. The van der Waals surface area contributed by atoms with Crippen LogP contribution in [0.2, 0.25) is 5.02 Å². The van der Waals surface area contributed by atoms with Crippen LogP contribution in [-0.2, 0) is 4.74 Å². The number of carbonyl (C=O) groups is 1. The lowest BCUT2D eigenvalue weighted by atomic mass is 10.1. The minimum Gasteiger partial charge on any atom is -0.462 e. The summed E-state index contributed by atoms with van der Waals surface area (Å²) in [5.41, 5.74) is 5.18.